The van der Waals surface area contributed by atoms with Gasteiger partial charge in [0.2, 0.25) is 5.91 Å². The van der Waals surface area contributed by atoms with Crippen LogP contribution in [0.1, 0.15) is 27.2 Å². The first kappa shape index (κ1) is 11.6. The van der Waals surface area contributed by atoms with Gasteiger partial charge in [0.1, 0.15) is 0 Å². The Kier molecular flexibility index (Phi) is 3.98. The molecule has 0 aromatic heterocycles. The molecular weight excluding hydrogens is 198 g/mol. The smallest absolute Gasteiger partial charge is 0.223 e. The fourth-order valence-corrected chi connectivity index (χ4v) is 2.62. The van der Waals surface area contributed by atoms with Gasteiger partial charge in [-0.05, 0) is 5.92 Å². The maximum Gasteiger partial charge on any atom is 0.223 e. The van der Waals surface area contributed by atoms with Crippen molar-refractivity contribution < 1.29 is 9.59 Å². The Morgan fingerprint density at radius 1 is 1.64 bits per heavy atom. The number of likely N-dealkylation sites (tertiary alicyclic amines) is 1. The molecule has 1 saturated heterocycles. The fourth-order valence-electron chi connectivity index (χ4n) is 1.67. The molecule has 0 aliphatic carbocycles. The number of hydrogen-bond acceptors (Lipinski definition) is 3. The van der Waals surface area contributed by atoms with Gasteiger partial charge < -0.3 is 4.90 Å². The molecule has 0 saturated carbocycles. The van der Waals surface area contributed by atoms with E-state index < -0.39 is 0 Å². The summed E-state index contributed by atoms with van der Waals surface area (Å²) in [5.74, 6) is 0.692. The summed E-state index contributed by atoms with van der Waals surface area (Å²) in [6.07, 6.45) is 0.525. The molecule has 0 aromatic carbocycles. The molecule has 1 aliphatic heterocycles. The first-order chi connectivity index (χ1) is 6.49. The first-order valence-electron chi connectivity index (χ1n) is 4.94. The highest BCUT2D eigenvalue weighted by molar-refractivity contribution is 8.14. The Hall–Kier alpha value is -0.510. The largest absolute Gasteiger partial charge is 0.341 e. The van der Waals surface area contributed by atoms with Gasteiger partial charge in [-0.15, -0.1) is 0 Å². The Balaban J connectivity index is 2.43. The van der Waals surface area contributed by atoms with E-state index in [1.165, 1.54) is 11.8 Å². The second-order valence-corrected chi connectivity index (χ2v) is 5.61. The van der Waals surface area contributed by atoms with Crippen LogP contribution in [0.3, 0.4) is 0 Å². The molecular formula is C10H17NO2S. The first-order valence-corrected chi connectivity index (χ1v) is 5.82. The van der Waals surface area contributed by atoms with Crippen molar-refractivity contribution in [3.05, 3.63) is 0 Å². The summed E-state index contributed by atoms with van der Waals surface area (Å²) in [5.41, 5.74) is 0. The molecule has 1 unspecified atom stereocenters. The number of amides is 1. The van der Waals surface area contributed by atoms with Gasteiger partial charge >= 0.3 is 0 Å². The van der Waals surface area contributed by atoms with Gasteiger partial charge in [0.25, 0.3) is 0 Å². The normalized spacial score (nSPS) is 22.1. The van der Waals surface area contributed by atoms with Gasteiger partial charge in [0, 0.05) is 31.7 Å². The minimum absolute atomic E-state index is 0.106. The lowest BCUT2D eigenvalue weighted by Crippen LogP contribution is -2.29. The Morgan fingerprint density at radius 3 is 2.79 bits per heavy atom. The molecule has 0 spiro atoms. The molecule has 1 aliphatic rings. The van der Waals surface area contributed by atoms with Crippen molar-refractivity contribution in [2.24, 2.45) is 5.92 Å². The van der Waals surface area contributed by atoms with Crippen molar-refractivity contribution in [3.8, 4) is 0 Å². The van der Waals surface area contributed by atoms with E-state index >= 15 is 0 Å². The van der Waals surface area contributed by atoms with Crippen LogP contribution >= 0.6 is 11.8 Å². The summed E-state index contributed by atoms with van der Waals surface area (Å²) in [6, 6.07) is 0. The topological polar surface area (TPSA) is 37.4 Å². The minimum atomic E-state index is 0.106. The maximum absolute atomic E-state index is 11.5. The molecule has 0 bridgehead atoms. The van der Waals surface area contributed by atoms with Crippen LogP contribution in [0.25, 0.3) is 0 Å². The van der Waals surface area contributed by atoms with Gasteiger partial charge in [-0.1, -0.05) is 25.6 Å². The Bertz CT molecular complexity index is 240. The fraction of sp³-hybridized carbons (Fsp3) is 0.800. The molecule has 1 rings (SSSR count). The lowest BCUT2D eigenvalue weighted by Gasteiger charge is -2.18. The minimum Gasteiger partial charge on any atom is -0.341 e. The van der Waals surface area contributed by atoms with E-state index in [-0.39, 0.29) is 16.3 Å². The highest BCUT2D eigenvalue weighted by Gasteiger charge is 2.30. The number of hydrogen-bond donors (Lipinski definition) is 0. The van der Waals surface area contributed by atoms with Crippen LogP contribution in [0.15, 0.2) is 0 Å². The average molecular weight is 215 g/mol. The quantitative estimate of drug-likeness (QED) is 0.716. The summed E-state index contributed by atoms with van der Waals surface area (Å²) in [5, 5.41) is 0.285. The third kappa shape index (κ3) is 3.33. The lowest BCUT2D eigenvalue weighted by atomic mass is 10.2. The second-order valence-electron chi connectivity index (χ2n) is 4.13. The average Bonchev–Trinajstić information content (AvgIpc) is 2.28. The molecule has 4 heteroatoms. The van der Waals surface area contributed by atoms with Crippen LogP contribution in [0, 0.1) is 5.92 Å². The summed E-state index contributed by atoms with van der Waals surface area (Å²) in [4.78, 5) is 24.2. The summed E-state index contributed by atoms with van der Waals surface area (Å²) in [7, 11) is 0. The number of nitrogens with zero attached hydrogens (tertiary/aromatic N) is 1. The molecule has 1 fully saturated rings. The van der Waals surface area contributed by atoms with Crippen molar-refractivity contribution >= 4 is 22.8 Å². The highest BCUT2D eigenvalue weighted by Crippen LogP contribution is 2.24. The van der Waals surface area contributed by atoms with Gasteiger partial charge in [-0.2, -0.15) is 0 Å². The third-order valence-electron chi connectivity index (χ3n) is 2.10. The second kappa shape index (κ2) is 4.82. The molecule has 1 heterocycles. The molecule has 3 nitrogen and oxygen atoms in total. The summed E-state index contributed by atoms with van der Waals surface area (Å²) in [6.45, 7) is 7.30. The van der Waals surface area contributed by atoms with E-state index in [0.717, 1.165) is 13.1 Å². The van der Waals surface area contributed by atoms with E-state index in [9.17, 15) is 9.59 Å². The number of carbonyl (C=O) groups is 2. The SMILES string of the molecule is CC(=O)SC1CC(=O)N(CC(C)C)C1. The molecule has 14 heavy (non-hydrogen) atoms. The van der Waals surface area contributed by atoms with Crippen molar-refractivity contribution in [2.45, 2.75) is 32.4 Å². The monoisotopic (exact) mass is 215 g/mol. The van der Waals surface area contributed by atoms with Gasteiger partial charge in [-0.3, -0.25) is 9.59 Å². The lowest BCUT2D eigenvalue weighted by molar-refractivity contribution is -0.128. The van der Waals surface area contributed by atoms with Crippen molar-refractivity contribution in [1.29, 1.82) is 0 Å². The van der Waals surface area contributed by atoms with E-state index in [4.69, 9.17) is 0 Å². The van der Waals surface area contributed by atoms with Crippen LogP contribution < -0.4 is 0 Å². The van der Waals surface area contributed by atoms with Crippen LogP contribution in [0.5, 0.6) is 0 Å². The zero-order valence-corrected chi connectivity index (χ0v) is 9.76. The van der Waals surface area contributed by atoms with Crippen molar-refractivity contribution in [3.63, 3.8) is 0 Å². The van der Waals surface area contributed by atoms with E-state index in [1.54, 1.807) is 6.92 Å². The van der Waals surface area contributed by atoms with Crippen LogP contribution in [-0.4, -0.2) is 34.3 Å². The molecule has 0 aromatic rings. The van der Waals surface area contributed by atoms with Crippen molar-refractivity contribution in [2.75, 3.05) is 13.1 Å². The zero-order valence-electron chi connectivity index (χ0n) is 8.95. The summed E-state index contributed by atoms with van der Waals surface area (Å²) >= 11 is 1.30. The third-order valence-corrected chi connectivity index (χ3v) is 3.08. The van der Waals surface area contributed by atoms with Gasteiger partial charge in [0.05, 0.1) is 0 Å². The van der Waals surface area contributed by atoms with Gasteiger partial charge in [-0.25, -0.2) is 0 Å². The van der Waals surface area contributed by atoms with Gasteiger partial charge in [0.15, 0.2) is 5.12 Å². The standard InChI is InChI=1S/C10H17NO2S/c1-7(2)5-11-6-9(4-10(11)13)14-8(3)12/h7,9H,4-6H2,1-3H3. The number of thioether (sulfide) groups is 1. The Labute approximate surface area is 89.2 Å². The molecule has 0 N–H and O–H groups in total. The molecule has 80 valence electrons. The molecule has 0 radical (unpaired) electrons. The molecule has 1 amide bonds. The highest BCUT2D eigenvalue weighted by atomic mass is 32.2. The zero-order chi connectivity index (χ0) is 10.7. The predicted molar refractivity (Wildman–Crippen MR) is 58.1 cm³/mol. The molecule has 1 atom stereocenters. The Morgan fingerprint density at radius 2 is 2.29 bits per heavy atom. The number of rotatable bonds is 3. The van der Waals surface area contributed by atoms with Crippen LogP contribution in [0.2, 0.25) is 0 Å². The van der Waals surface area contributed by atoms with E-state index in [0.29, 0.717) is 12.3 Å². The summed E-state index contributed by atoms with van der Waals surface area (Å²) < 4.78 is 0. The van der Waals surface area contributed by atoms with E-state index in [1.807, 2.05) is 4.90 Å². The predicted octanol–water partition coefficient (Wildman–Crippen LogP) is 1.52. The van der Waals surface area contributed by atoms with Crippen LogP contribution in [0.4, 0.5) is 0 Å². The maximum atomic E-state index is 11.5. The van der Waals surface area contributed by atoms with E-state index in [2.05, 4.69) is 13.8 Å². The van der Waals surface area contributed by atoms with Crippen molar-refractivity contribution in [1.82, 2.24) is 4.90 Å². The number of carbonyl (C=O) groups excluding carboxylic acids is 2. The van der Waals surface area contributed by atoms with Crippen LogP contribution in [-0.2, 0) is 9.59 Å².